The average molecular weight is 402 g/mol. The van der Waals surface area contributed by atoms with Crippen LogP contribution in [0.2, 0.25) is 5.02 Å². The third-order valence-electron chi connectivity index (χ3n) is 3.74. The molecule has 2 aromatic carbocycles. The maximum absolute atomic E-state index is 12.4. The van der Waals surface area contributed by atoms with Gasteiger partial charge in [-0.15, -0.1) is 10.2 Å². The van der Waals surface area contributed by atoms with Crippen molar-refractivity contribution in [3.8, 4) is 17.2 Å². The van der Waals surface area contributed by atoms with Gasteiger partial charge in [-0.3, -0.25) is 9.59 Å². The molecule has 0 atom stereocenters. The van der Waals surface area contributed by atoms with Crippen LogP contribution in [-0.4, -0.2) is 34.2 Å². The van der Waals surface area contributed by atoms with Crippen LogP contribution in [0.5, 0.6) is 5.75 Å². The van der Waals surface area contributed by atoms with E-state index in [-0.39, 0.29) is 29.3 Å². The van der Waals surface area contributed by atoms with E-state index in [1.165, 1.54) is 0 Å². The Morgan fingerprint density at radius 3 is 2.96 bits per heavy atom. The molecule has 0 saturated heterocycles. The van der Waals surface area contributed by atoms with Gasteiger partial charge in [0, 0.05) is 16.1 Å². The maximum Gasteiger partial charge on any atom is 0.277 e. The number of amides is 1. The van der Waals surface area contributed by atoms with Gasteiger partial charge < -0.3 is 14.5 Å². The first-order valence-corrected chi connectivity index (χ1v) is 9.27. The third-order valence-corrected chi connectivity index (χ3v) is 4.79. The number of anilines is 1. The van der Waals surface area contributed by atoms with Gasteiger partial charge in [-0.1, -0.05) is 29.4 Å². The van der Waals surface area contributed by atoms with Crippen molar-refractivity contribution >= 4 is 40.7 Å². The summed E-state index contributed by atoms with van der Waals surface area (Å²) in [7, 11) is 0. The number of fused-ring (bicyclic) bond motifs is 1. The normalized spacial score (nSPS) is 12.9. The van der Waals surface area contributed by atoms with Crippen LogP contribution in [0.1, 0.15) is 10.4 Å². The van der Waals surface area contributed by atoms with Gasteiger partial charge in [0.2, 0.25) is 5.89 Å². The fraction of sp³-hybridized carbons (Fsp3) is 0.111. The van der Waals surface area contributed by atoms with Crippen molar-refractivity contribution in [1.29, 1.82) is 0 Å². The van der Waals surface area contributed by atoms with Crippen molar-refractivity contribution in [2.75, 3.05) is 17.7 Å². The summed E-state index contributed by atoms with van der Waals surface area (Å²) in [6, 6.07) is 12.0. The molecule has 0 saturated carbocycles. The Hall–Kier alpha value is -2.84. The Morgan fingerprint density at radius 2 is 2.11 bits per heavy atom. The number of hydrogen-bond donors (Lipinski definition) is 1. The highest BCUT2D eigenvalue weighted by atomic mass is 35.5. The molecule has 4 rings (SSSR count). The Balaban J connectivity index is 1.43. The lowest BCUT2D eigenvalue weighted by Gasteiger charge is -2.18. The molecular formula is C18H12ClN3O4S. The van der Waals surface area contributed by atoms with Gasteiger partial charge in [-0.25, -0.2) is 0 Å². The number of ether oxygens (including phenoxy) is 1. The zero-order chi connectivity index (χ0) is 18.8. The lowest BCUT2D eigenvalue weighted by atomic mass is 10.1. The monoisotopic (exact) mass is 401 g/mol. The highest BCUT2D eigenvalue weighted by Crippen LogP contribution is 2.30. The summed E-state index contributed by atoms with van der Waals surface area (Å²) < 4.78 is 10.9. The Morgan fingerprint density at radius 1 is 1.22 bits per heavy atom. The van der Waals surface area contributed by atoms with E-state index < -0.39 is 0 Å². The summed E-state index contributed by atoms with van der Waals surface area (Å²) in [6.45, 7) is -0.0255. The summed E-state index contributed by atoms with van der Waals surface area (Å²) in [5.41, 5.74) is 1.66. The molecule has 27 heavy (non-hydrogen) atoms. The molecule has 1 aliphatic rings. The van der Waals surface area contributed by atoms with Crippen LogP contribution < -0.4 is 10.1 Å². The Kier molecular flexibility index (Phi) is 4.83. The molecule has 0 unspecified atom stereocenters. The van der Waals surface area contributed by atoms with Crippen molar-refractivity contribution in [2.24, 2.45) is 0 Å². The number of thioether (sulfide) groups is 1. The minimum atomic E-state index is -0.249. The van der Waals surface area contributed by atoms with Crippen LogP contribution in [0.4, 0.5) is 5.69 Å². The zero-order valence-corrected chi connectivity index (χ0v) is 15.3. The van der Waals surface area contributed by atoms with Crippen molar-refractivity contribution in [3.63, 3.8) is 0 Å². The fourth-order valence-corrected chi connectivity index (χ4v) is 3.32. The third kappa shape index (κ3) is 3.96. The number of nitrogens with one attached hydrogen (secondary N) is 1. The van der Waals surface area contributed by atoms with E-state index in [4.69, 9.17) is 20.8 Å². The molecule has 1 amide bonds. The fourth-order valence-electron chi connectivity index (χ4n) is 2.47. The predicted octanol–water partition coefficient (Wildman–Crippen LogP) is 3.70. The molecule has 0 spiro atoms. The predicted molar refractivity (Wildman–Crippen MR) is 100 cm³/mol. The van der Waals surface area contributed by atoms with Gasteiger partial charge in [0.25, 0.3) is 11.1 Å². The number of benzene rings is 2. The molecule has 9 heteroatoms. The first-order valence-electron chi connectivity index (χ1n) is 7.90. The first-order chi connectivity index (χ1) is 13.1. The Labute approximate surface area is 163 Å². The first kappa shape index (κ1) is 17.6. The molecule has 136 valence electrons. The van der Waals surface area contributed by atoms with Gasteiger partial charge in [0.15, 0.2) is 12.4 Å². The number of nitrogens with zero attached hydrogens (tertiary/aromatic N) is 2. The Bertz CT molecular complexity index is 1040. The van der Waals surface area contributed by atoms with Gasteiger partial charge in [0.05, 0.1) is 11.4 Å². The molecule has 7 nitrogen and oxygen atoms in total. The summed E-state index contributed by atoms with van der Waals surface area (Å²) in [6.07, 6.45) is 0. The maximum atomic E-state index is 12.4. The molecule has 0 bridgehead atoms. The number of hydrogen-bond acceptors (Lipinski definition) is 7. The molecule has 2 heterocycles. The summed E-state index contributed by atoms with van der Waals surface area (Å²) >= 11 is 7.10. The number of Topliss-reactive ketones (excluding diaryl/α,β-unsaturated/α-hetero) is 1. The van der Waals surface area contributed by atoms with Crippen LogP contribution >= 0.6 is 23.4 Å². The minimum absolute atomic E-state index is 0.0255. The van der Waals surface area contributed by atoms with E-state index in [1.54, 1.807) is 36.4 Å². The standard InChI is InChI=1S/C18H12ClN3O4S/c19-12-3-1-2-11(6-12)17-21-22-18(26-17)27-9-14(23)10-4-5-15-13(7-10)20-16(24)8-25-15/h1-7H,8-9H2,(H,20,24). The number of carbonyl (C=O) groups excluding carboxylic acids is 2. The molecule has 0 aliphatic carbocycles. The van der Waals surface area contributed by atoms with Crippen molar-refractivity contribution in [3.05, 3.63) is 53.1 Å². The van der Waals surface area contributed by atoms with Gasteiger partial charge >= 0.3 is 0 Å². The van der Waals surface area contributed by atoms with E-state index in [1.807, 2.05) is 6.07 Å². The minimum Gasteiger partial charge on any atom is -0.482 e. The lowest BCUT2D eigenvalue weighted by molar-refractivity contribution is -0.118. The smallest absolute Gasteiger partial charge is 0.277 e. The second-order valence-corrected chi connectivity index (χ2v) is 7.01. The van der Waals surface area contributed by atoms with E-state index >= 15 is 0 Å². The van der Waals surface area contributed by atoms with Crippen molar-refractivity contribution < 1.29 is 18.7 Å². The van der Waals surface area contributed by atoms with Gasteiger partial charge in [0.1, 0.15) is 5.75 Å². The number of rotatable bonds is 5. The summed E-state index contributed by atoms with van der Waals surface area (Å²) in [5.74, 6) is 0.610. The highest BCUT2D eigenvalue weighted by molar-refractivity contribution is 7.99. The van der Waals surface area contributed by atoms with E-state index in [0.717, 1.165) is 11.8 Å². The summed E-state index contributed by atoms with van der Waals surface area (Å²) in [4.78, 5) is 23.8. The largest absolute Gasteiger partial charge is 0.482 e. The molecule has 1 aromatic heterocycles. The topological polar surface area (TPSA) is 94.3 Å². The van der Waals surface area contributed by atoms with E-state index in [9.17, 15) is 9.59 Å². The van der Waals surface area contributed by atoms with Crippen LogP contribution in [0, 0.1) is 0 Å². The van der Waals surface area contributed by atoms with Crippen molar-refractivity contribution in [2.45, 2.75) is 5.22 Å². The quantitative estimate of drug-likeness (QED) is 0.514. The second kappa shape index (κ2) is 7.42. The van der Waals surface area contributed by atoms with Crippen LogP contribution in [0.15, 0.2) is 52.1 Å². The lowest BCUT2D eigenvalue weighted by Crippen LogP contribution is -2.25. The zero-order valence-electron chi connectivity index (χ0n) is 13.8. The number of carbonyl (C=O) groups is 2. The number of ketones is 1. The van der Waals surface area contributed by atoms with Crippen LogP contribution in [-0.2, 0) is 4.79 Å². The SMILES string of the molecule is O=C1COc2ccc(C(=O)CSc3nnc(-c4cccc(Cl)c4)o3)cc2N1. The van der Waals surface area contributed by atoms with Crippen molar-refractivity contribution in [1.82, 2.24) is 10.2 Å². The second-order valence-electron chi connectivity index (χ2n) is 5.64. The average Bonchev–Trinajstić information content (AvgIpc) is 3.14. The molecule has 0 radical (unpaired) electrons. The van der Waals surface area contributed by atoms with E-state index in [0.29, 0.717) is 33.5 Å². The highest BCUT2D eigenvalue weighted by Gasteiger charge is 2.18. The van der Waals surface area contributed by atoms with E-state index in [2.05, 4.69) is 15.5 Å². The molecule has 0 fully saturated rings. The molecule has 1 aliphatic heterocycles. The summed E-state index contributed by atoms with van der Waals surface area (Å²) in [5, 5.41) is 11.4. The molecular weight excluding hydrogens is 390 g/mol. The molecule has 1 N–H and O–H groups in total. The number of aromatic nitrogens is 2. The number of halogens is 1. The van der Waals surface area contributed by atoms with Crippen LogP contribution in [0.25, 0.3) is 11.5 Å². The van der Waals surface area contributed by atoms with Gasteiger partial charge in [-0.2, -0.15) is 0 Å². The van der Waals surface area contributed by atoms with Crippen LogP contribution in [0.3, 0.4) is 0 Å². The van der Waals surface area contributed by atoms with Gasteiger partial charge in [-0.05, 0) is 36.4 Å². The molecule has 3 aromatic rings.